The third-order valence-electron chi connectivity index (χ3n) is 4.62. The van der Waals surface area contributed by atoms with Gasteiger partial charge in [0.25, 0.3) is 5.91 Å². The molecule has 1 aromatic carbocycles. The number of benzene rings is 1. The van der Waals surface area contributed by atoms with Gasteiger partial charge < -0.3 is 16.4 Å². The van der Waals surface area contributed by atoms with Crippen molar-refractivity contribution in [1.29, 1.82) is 0 Å². The Hall–Kier alpha value is -1.30. The van der Waals surface area contributed by atoms with Gasteiger partial charge in [-0.15, -0.1) is 12.4 Å². The van der Waals surface area contributed by atoms with E-state index < -0.39 is 0 Å². The fraction of sp³-hybridized carbons (Fsp3) is 0.556. The van der Waals surface area contributed by atoms with Gasteiger partial charge in [0, 0.05) is 17.8 Å². The summed E-state index contributed by atoms with van der Waals surface area (Å²) in [7, 11) is 0. The molecule has 1 fully saturated rings. The van der Waals surface area contributed by atoms with Gasteiger partial charge in [-0.25, -0.2) is 0 Å². The quantitative estimate of drug-likeness (QED) is 0.718. The van der Waals surface area contributed by atoms with E-state index >= 15 is 0 Å². The van der Waals surface area contributed by atoms with E-state index in [-0.39, 0.29) is 42.2 Å². The van der Waals surface area contributed by atoms with Gasteiger partial charge in [-0.05, 0) is 38.0 Å². The van der Waals surface area contributed by atoms with Crippen molar-refractivity contribution in [3.05, 3.63) is 28.8 Å². The molecule has 0 heterocycles. The Balaban J connectivity index is 0.00000312. The third-order valence-corrected chi connectivity index (χ3v) is 4.95. The first-order valence-corrected chi connectivity index (χ1v) is 8.93. The highest BCUT2D eigenvalue weighted by molar-refractivity contribution is 6.34. The summed E-state index contributed by atoms with van der Waals surface area (Å²) in [5.41, 5.74) is 6.68. The molecule has 4 N–H and O–H groups in total. The first kappa shape index (κ1) is 21.7. The zero-order valence-electron chi connectivity index (χ0n) is 14.7. The molecule has 1 aliphatic carbocycles. The Kier molecular flexibility index (Phi) is 8.69. The van der Waals surface area contributed by atoms with Gasteiger partial charge in [-0.2, -0.15) is 0 Å². The first-order chi connectivity index (χ1) is 11.4. The van der Waals surface area contributed by atoms with Crippen molar-refractivity contribution in [2.75, 3.05) is 5.32 Å². The van der Waals surface area contributed by atoms with Crippen LogP contribution in [0.5, 0.6) is 0 Å². The summed E-state index contributed by atoms with van der Waals surface area (Å²) in [6.07, 6.45) is 5.53. The first-order valence-electron chi connectivity index (χ1n) is 8.55. The van der Waals surface area contributed by atoms with Crippen molar-refractivity contribution in [2.24, 2.45) is 11.7 Å². The predicted molar refractivity (Wildman–Crippen MR) is 104 cm³/mol. The van der Waals surface area contributed by atoms with Gasteiger partial charge in [0.2, 0.25) is 5.91 Å². The molecule has 1 saturated carbocycles. The summed E-state index contributed by atoms with van der Waals surface area (Å²) in [4.78, 5) is 24.6. The molecule has 0 aliphatic heterocycles. The van der Waals surface area contributed by atoms with E-state index in [0.29, 0.717) is 16.3 Å². The molecule has 2 atom stereocenters. The molecule has 2 amide bonds. The maximum absolute atomic E-state index is 12.5. The fourth-order valence-corrected chi connectivity index (χ4v) is 2.99. The SMILES string of the molecule is CC(N)C(C)C(=O)Nc1ccc(Cl)c(C(=O)NC2CCCCC2)c1.Cl. The molecule has 25 heavy (non-hydrogen) atoms. The topological polar surface area (TPSA) is 84.2 Å². The predicted octanol–water partition coefficient (Wildman–Crippen LogP) is 3.75. The van der Waals surface area contributed by atoms with Crippen LogP contribution in [0.25, 0.3) is 0 Å². The van der Waals surface area contributed by atoms with Crippen molar-refractivity contribution in [3.8, 4) is 0 Å². The molecule has 5 nitrogen and oxygen atoms in total. The van der Waals surface area contributed by atoms with Gasteiger partial charge in [0.1, 0.15) is 0 Å². The number of amides is 2. The van der Waals surface area contributed by atoms with Crippen LogP contribution in [0.15, 0.2) is 18.2 Å². The summed E-state index contributed by atoms with van der Waals surface area (Å²) in [5.74, 6) is -0.686. The minimum atomic E-state index is -0.319. The molecule has 7 heteroatoms. The van der Waals surface area contributed by atoms with Gasteiger partial charge in [-0.1, -0.05) is 37.8 Å². The van der Waals surface area contributed by atoms with E-state index in [2.05, 4.69) is 10.6 Å². The lowest BCUT2D eigenvalue weighted by molar-refractivity contribution is -0.119. The molecule has 0 radical (unpaired) electrons. The largest absolute Gasteiger partial charge is 0.349 e. The van der Waals surface area contributed by atoms with Crippen LogP contribution >= 0.6 is 24.0 Å². The fourth-order valence-electron chi connectivity index (χ4n) is 2.78. The number of halogens is 2. The normalized spacial score (nSPS) is 17.1. The van der Waals surface area contributed by atoms with Gasteiger partial charge in [0.05, 0.1) is 16.5 Å². The lowest BCUT2D eigenvalue weighted by atomic mass is 9.95. The molecule has 140 valence electrons. The van der Waals surface area contributed by atoms with Gasteiger partial charge in [0.15, 0.2) is 0 Å². The summed E-state index contributed by atoms with van der Waals surface area (Å²) >= 11 is 6.16. The Bertz CT molecular complexity index is 602. The molecule has 1 aliphatic rings. The summed E-state index contributed by atoms with van der Waals surface area (Å²) in [6.45, 7) is 3.56. The highest BCUT2D eigenvalue weighted by atomic mass is 35.5. The van der Waals surface area contributed by atoms with Crippen LogP contribution in [0.1, 0.15) is 56.3 Å². The van der Waals surface area contributed by atoms with E-state index in [9.17, 15) is 9.59 Å². The minimum Gasteiger partial charge on any atom is -0.349 e. The second-order valence-electron chi connectivity index (χ2n) is 6.64. The van der Waals surface area contributed by atoms with Crippen LogP contribution < -0.4 is 16.4 Å². The van der Waals surface area contributed by atoms with Crippen molar-refractivity contribution in [3.63, 3.8) is 0 Å². The van der Waals surface area contributed by atoms with E-state index in [1.54, 1.807) is 32.0 Å². The number of carbonyl (C=O) groups excluding carboxylic acids is 2. The lowest BCUT2D eigenvalue weighted by Crippen LogP contribution is -2.36. The number of hydrogen-bond acceptors (Lipinski definition) is 3. The van der Waals surface area contributed by atoms with Crippen molar-refractivity contribution < 1.29 is 9.59 Å². The number of carbonyl (C=O) groups is 2. The van der Waals surface area contributed by atoms with Crippen LogP contribution in [0.2, 0.25) is 5.02 Å². The standard InChI is InChI=1S/C18H26ClN3O2.ClH/c1-11(12(2)20)17(23)22-14-8-9-16(19)15(10-14)18(24)21-13-6-4-3-5-7-13;/h8-13H,3-7,20H2,1-2H3,(H,21,24)(H,22,23);1H. The maximum atomic E-state index is 12.5. The molecule has 0 saturated heterocycles. The van der Waals surface area contributed by atoms with Gasteiger partial charge >= 0.3 is 0 Å². The highest BCUT2D eigenvalue weighted by Gasteiger charge is 2.20. The molecule has 2 rings (SSSR count). The van der Waals surface area contributed by atoms with Gasteiger partial charge in [-0.3, -0.25) is 9.59 Å². The third kappa shape index (κ3) is 6.17. The Morgan fingerprint density at radius 1 is 1.20 bits per heavy atom. The molecule has 0 spiro atoms. The Labute approximate surface area is 160 Å². The number of anilines is 1. The number of nitrogens with two attached hydrogens (primary N) is 1. The summed E-state index contributed by atoms with van der Waals surface area (Å²) in [6, 6.07) is 4.89. The van der Waals surface area contributed by atoms with E-state index in [1.807, 2.05) is 0 Å². The van der Waals surface area contributed by atoms with Crippen molar-refractivity contribution >= 4 is 41.5 Å². The molecular weight excluding hydrogens is 361 g/mol. The average molecular weight is 388 g/mol. The molecule has 0 aromatic heterocycles. The second-order valence-corrected chi connectivity index (χ2v) is 7.05. The van der Waals surface area contributed by atoms with E-state index in [4.69, 9.17) is 17.3 Å². The van der Waals surface area contributed by atoms with E-state index in [0.717, 1.165) is 25.7 Å². The monoisotopic (exact) mass is 387 g/mol. The Morgan fingerprint density at radius 3 is 2.44 bits per heavy atom. The zero-order chi connectivity index (χ0) is 17.7. The highest BCUT2D eigenvalue weighted by Crippen LogP contribution is 2.23. The maximum Gasteiger partial charge on any atom is 0.253 e. The molecule has 0 bridgehead atoms. The smallest absolute Gasteiger partial charge is 0.253 e. The lowest BCUT2D eigenvalue weighted by Gasteiger charge is -2.23. The van der Waals surface area contributed by atoms with Crippen LogP contribution in [0.4, 0.5) is 5.69 Å². The number of rotatable bonds is 5. The Morgan fingerprint density at radius 2 is 1.84 bits per heavy atom. The molecular formula is C18H27Cl2N3O2. The van der Waals surface area contributed by atoms with Crippen LogP contribution in [-0.4, -0.2) is 23.9 Å². The summed E-state index contributed by atoms with van der Waals surface area (Å²) in [5, 5.41) is 6.21. The molecule has 2 unspecified atom stereocenters. The summed E-state index contributed by atoms with van der Waals surface area (Å²) < 4.78 is 0. The molecule has 1 aromatic rings. The zero-order valence-corrected chi connectivity index (χ0v) is 16.3. The number of nitrogens with one attached hydrogen (secondary N) is 2. The number of hydrogen-bond donors (Lipinski definition) is 3. The van der Waals surface area contributed by atoms with Crippen molar-refractivity contribution in [2.45, 2.75) is 58.0 Å². The van der Waals surface area contributed by atoms with Crippen molar-refractivity contribution in [1.82, 2.24) is 5.32 Å². The van der Waals surface area contributed by atoms with Crippen LogP contribution in [-0.2, 0) is 4.79 Å². The van der Waals surface area contributed by atoms with Crippen LogP contribution in [0, 0.1) is 5.92 Å². The van der Waals surface area contributed by atoms with Crippen LogP contribution in [0.3, 0.4) is 0 Å². The minimum absolute atomic E-state index is 0. The van der Waals surface area contributed by atoms with E-state index in [1.165, 1.54) is 6.42 Å². The second kappa shape index (κ2) is 10.00. The average Bonchev–Trinajstić information content (AvgIpc) is 2.56.